The Balaban J connectivity index is 1.95. The quantitative estimate of drug-likeness (QED) is 0.914. The van der Waals surface area contributed by atoms with Crippen molar-refractivity contribution in [2.75, 3.05) is 13.7 Å². The van der Waals surface area contributed by atoms with E-state index in [1.165, 1.54) is 30.9 Å². The van der Waals surface area contributed by atoms with Crippen LogP contribution >= 0.6 is 0 Å². The minimum absolute atomic E-state index is 0.235. The molecule has 1 N–H and O–H groups in total. The van der Waals surface area contributed by atoms with Crippen LogP contribution in [-0.2, 0) is 6.42 Å². The molecule has 2 aromatic rings. The second kappa shape index (κ2) is 6.93. The van der Waals surface area contributed by atoms with Crippen molar-refractivity contribution in [3.8, 4) is 16.9 Å². The molecular weight excluding hydrogens is 277 g/mol. The van der Waals surface area contributed by atoms with Gasteiger partial charge in [-0.3, -0.25) is 0 Å². The molecule has 0 radical (unpaired) electrons. The van der Waals surface area contributed by atoms with Gasteiger partial charge >= 0.3 is 0 Å². The minimum atomic E-state index is -0.235. The summed E-state index contributed by atoms with van der Waals surface area (Å²) in [5.74, 6) is 0.479. The monoisotopic (exact) mass is 299 g/mol. The lowest BCUT2D eigenvalue weighted by Gasteiger charge is -2.24. The first kappa shape index (κ1) is 15.0. The molecule has 0 amide bonds. The Morgan fingerprint density at radius 3 is 2.77 bits per heavy atom. The van der Waals surface area contributed by atoms with Gasteiger partial charge in [0.15, 0.2) is 0 Å². The smallest absolute Gasteiger partial charge is 0.126 e. The van der Waals surface area contributed by atoms with Crippen LogP contribution in [0.25, 0.3) is 11.1 Å². The first-order chi connectivity index (χ1) is 10.8. The van der Waals surface area contributed by atoms with Gasteiger partial charge in [-0.05, 0) is 55.1 Å². The summed E-state index contributed by atoms with van der Waals surface area (Å²) in [4.78, 5) is 0. The maximum atomic E-state index is 13.7. The molecule has 3 rings (SSSR count). The molecule has 0 spiro atoms. The van der Waals surface area contributed by atoms with Gasteiger partial charge in [-0.25, -0.2) is 4.39 Å². The molecule has 0 aromatic heterocycles. The molecule has 0 saturated carbocycles. The zero-order chi connectivity index (χ0) is 15.4. The van der Waals surface area contributed by atoms with Crippen molar-refractivity contribution >= 4 is 0 Å². The Hall–Kier alpha value is -1.87. The van der Waals surface area contributed by atoms with Crippen molar-refractivity contribution in [1.29, 1.82) is 0 Å². The first-order valence-electron chi connectivity index (χ1n) is 7.93. The van der Waals surface area contributed by atoms with Crippen molar-refractivity contribution < 1.29 is 9.13 Å². The summed E-state index contributed by atoms with van der Waals surface area (Å²) in [6.07, 6.45) is 4.71. The molecule has 0 bridgehead atoms. The summed E-state index contributed by atoms with van der Waals surface area (Å²) in [5, 5.41) is 3.58. The third-order valence-electron chi connectivity index (χ3n) is 4.35. The average molecular weight is 299 g/mol. The molecule has 2 aromatic carbocycles. The van der Waals surface area contributed by atoms with Crippen molar-refractivity contribution in [1.82, 2.24) is 5.32 Å². The molecule has 1 heterocycles. The third kappa shape index (κ3) is 3.30. The van der Waals surface area contributed by atoms with Crippen LogP contribution in [-0.4, -0.2) is 19.7 Å². The number of halogens is 1. The van der Waals surface area contributed by atoms with Crippen molar-refractivity contribution in [2.45, 2.75) is 31.7 Å². The van der Waals surface area contributed by atoms with Gasteiger partial charge in [0, 0.05) is 11.6 Å². The Morgan fingerprint density at radius 1 is 1.14 bits per heavy atom. The van der Waals surface area contributed by atoms with Gasteiger partial charge in [-0.2, -0.15) is 0 Å². The fourth-order valence-electron chi connectivity index (χ4n) is 3.22. The van der Waals surface area contributed by atoms with Crippen molar-refractivity contribution in [2.24, 2.45) is 0 Å². The second-order valence-corrected chi connectivity index (χ2v) is 5.85. The molecule has 2 nitrogen and oxygen atoms in total. The van der Waals surface area contributed by atoms with E-state index in [9.17, 15) is 4.39 Å². The number of benzene rings is 2. The van der Waals surface area contributed by atoms with Crippen LogP contribution in [0.4, 0.5) is 4.39 Å². The number of piperidine rings is 1. The van der Waals surface area contributed by atoms with Crippen LogP contribution in [0.5, 0.6) is 5.75 Å². The SMILES string of the molecule is COc1ccc(F)cc1-c1ccccc1CC1CCCCN1. The number of nitrogens with one attached hydrogen (secondary N) is 1. The van der Waals surface area contributed by atoms with Crippen molar-refractivity contribution in [3.05, 3.63) is 53.8 Å². The maximum Gasteiger partial charge on any atom is 0.126 e. The standard InChI is InChI=1S/C19H22FNO/c1-22-19-10-9-15(20)13-18(19)17-8-3-2-6-14(17)12-16-7-4-5-11-21-16/h2-3,6,8-10,13,16,21H,4-5,7,11-12H2,1H3. The molecular formula is C19H22FNO. The fraction of sp³-hybridized carbons (Fsp3) is 0.368. The molecule has 1 fully saturated rings. The zero-order valence-corrected chi connectivity index (χ0v) is 12.9. The van der Waals surface area contributed by atoms with Gasteiger partial charge in [0.05, 0.1) is 7.11 Å². The molecule has 1 aliphatic rings. The van der Waals surface area contributed by atoms with E-state index in [-0.39, 0.29) is 5.82 Å². The molecule has 22 heavy (non-hydrogen) atoms. The van der Waals surface area contributed by atoms with E-state index in [0.717, 1.165) is 24.1 Å². The zero-order valence-electron chi connectivity index (χ0n) is 12.9. The molecule has 1 aliphatic heterocycles. The van der Waals surface area contributed by atoms with Crippen LogP contribution in [0.1, 0.15) is 24.8 Å². The Bertz CT molecular complexity index is 635. The highest BCUT2D eigenvalue weighted by Crippen LogP contribution is 2.33. The first-order valence-corrected chi connectivity index (χ1v) is 7.93. The topological polar surface area (TPSA) is 21.3 Å². The normalized spacial score (nSPS) is 18.2. The number of hydrogen-bond acceptors (Lipinski definition) is 2. The Labute approximate surface area is 131 Å². The van der Waals surface area contributed by atoms with Crippen LogP contribution in [0, 0.1) is 5.82 Å². The van der Waals surface area contributed by atoms with Gasteiger partial charge in [0.2, 0.25) is 0 Å². The van der Waals surface area contributed by atoms with E-state index < -0.39 is 0 Å². The molecule has 116 valence electrons. The van der Waals surface area contributed by atoms with Gasteiger partial charge < -0.3 is 10.1 Å². The van der Waals surface area contributed by atoms with Crippen LogP contribution in [0.3, 0.4) is 0 Å². The Morgan fingerprint density at radius 2 is 2.00 bits per heavy atom. The van der Waals surface area contributed by atoms with Crippen LogP contribution in [0.15, 0.2) is 42.5 Å². The highest BCUT2D eigenvalue weighted by Gasteiger charge is 2.17. The highest BCUT2D eigenvalue weighted by molar-refractivity contribution is 5.73. The van der Waals surface area contributed by atoms with Gasteiger partial charge in [-0.1, -0.05) is 30.7 Å². The van der Waals surface area contributed by atoms with E-state index in [1.807, 2.05) is 12.1 Å². The van der Waals surface area contributed by atoms with Crippen molar-refractivity contribution in [3.63, 3.8) is 0 Å². The van der Waals surface area contributed by atoms with Gasteiger partial charge in [-0.15, -0.1) is 0 Å². The average Bonchev–Trinajstić information content (AvgIpc) is 2.56. The number of hydrogen-bond donors (Lipinski definition) is 1. The number of methoxy groups -OCH3 is 1. The predicted molar refractivity (Wildman–Crippen MR) is 87.7 cm³/mol. The minimum Gasteiger partial charge on any atom is -0.496 e. The lowest BCUT2D eigenvalue weighted by atomic mass is 9.91. The van der Waals surface area contributed by atoms with Gasteiger partial charge in [0.1, 0.15) is 11.6 Å². The maximum absolute atomic E-state index is 13.7. The fourth-order valence-corrected chi connectivity index (χ4v) is 3.22. The number of rotatable bonds is 4. The van der Waals surface area contributed by atoms with Gasteiger partial charge in [0.25, 0.3) is 0 Å². The summed E-state index contributed by atoms with van der Waals surface area (Å²) < 4.78 is 19.1. The lowest BCUT2D eigenvalue weighted by molar-refractivity contribution is 0.399. The third-order valence-corrected chi connectivity index (χ3v) is 4.35. The molecule has 1 unspecified atom stereocenters. The summed E-state index contributed by atoms with van der Waals surface area (Å²) in [6.45, 7) is 1.09. The second-order valence-electron chi connectivity index (χ2n) is 5.85. The van der Waals surface area contributed by atoms with E-state index in [4.69, 9.17) is 4.74 Å². The molecule has 3 heteroatoms. The lowest BCUT2D eigenvalue weighted by Crippen LogP contribution is -2.35. The predicted octanol–water partition coefficient (Wildman–Crippen LogP) is 4.19. The summed E-state index contributed by atoms with van der Waals surface area (Å²) in [7, 11) is 1.63. The molecule has 1 atom stereocenters. The molecule has 1 saturated heterocycles. The van der Waals surface area contributed by atoms with Crippen LogP contribution < -0.4 is 10.1 Å². The summed E-state index contributed by atoms with van der Waals surface area (Å²) in [5.41, 5.74) is 3.13. The molecule has 0 aliphatic carbocycles. The van der Waals surface area contributed by atoms with E-state index in [2.05, 4.69) is 17.4 Å². The van der Waals surface area contributed by atoms with E-state index in [0.29, 0.717) is 11.8 Å². The summed E-state index contributed by atoms with van der Waals surface area (Å²) in [6, 6.07) is 13.4. The largest absolute Gasteiger partial charge is 0.496 e. The number of ether oxygens (including phenoxy) is 1. The van der Waals surface area contributed by atoms with E-state index >= 15 is 0 Å². The Kier molecular flexibility index (Phi) is 4.74. The van der Waals surface area contributed by atoms with E-state index in [1.54, 1.807) is 19.2 Å². The highest BCUT2D eigenvalue weighted by atomic mass is 19.1. The summed E-state index contributed by atoms with van der Waals surface area (Å²) >= 11 is 0. The van der Waals surface area contributed by atoms with Crippen LogP contribution in [0.2, 0.25) is 0 Å².